The summed E-state index contributed by atoms with van der Waals surface area (Å²) in [5.41, 5.74) is 1.32. The fraction of sp³-hybridized carbons (Fsp3) is 0.350. The zero-order chi connectivity index (χ0) is 23.5. The van der Waals surface area contributed by atoms with Crippen LogP contribution in [-0.2, 0) is 9.53 Å². The molecule has 0 aliphatic carbocycles. The second-order valence-electron chi connectivity index (χ2n) is 6.86. The van der Waals surface area contributed by atoms with Crippen LogP contribution < -0.4 is 25.0 Å². The number of amides is 3. The van der Waals surface area contributed by atoms with Gasteiger partial charge in [0.15, 0.2) is 5.82 Å². The van der Waals surface area contributed by atoms with Gasteiger partial charge in [0.2, 0.25) is 5.91 Å². The molecule has 3 amide bonds. The number of pyridine rings is 1. The molecule has 1 atom stereocenters. The van der Waals surface area contributed by atoms with Crippen molar-refractivity contribution >= 4 is 23.4 Å². The summed E-state index contributed by atoms with van der Waals surface area (Å²) in [4.78, 5) is 30.7. The van der Waals surface area contributed by atoms with Crippen LogP contribution in [0.15, 0.2) is 30.3 Å². The smallest absolute Gasteiger partial charge is 0.495 e. The van der Waals surface area contributed by atoms with Crippen molar-refractivity contribution in [1.82, 2.24) is 10.3 Å². The van der Waals surface area contributed by atoms with E-state index in [9.17, 15) is 22.8 Å². The first-order valence-corrected chi connectivity index (χ1v) is 9.39. The highest BCUT2D eigenvalue weighted by Crippen LogP contribution is 2.33. The van der Waals surface area contributed by atoms with Gasteiger partial charge in [-0.1, -0.05) is 12.1 Å². The Labute approximate surface area is 181 Å². The molecule has 0 fully saturated rings. The maximum atomic E-state index is 13.0. The number of aryl methyl sites for hydroxylation is 1. The summed E-state index contributed by atoms with van der Waals surface area (Å²) < 4.78 is 51.3. The topological polar surface area (TPSA) is 102 Å². The van der Waals surface area contributed by atoms with Crippen molar-refractivity contribution in [1.29, 1.82) is 0 Å². The Hall–Kier alpha value is -3.54. The van der Waals surface area contributed by atoms with E-state index in [0.717, 1.165) is 12.1 Å². The molecule has 0 bridgehead atoms. The predicted molar refractivity (Wildman–Crippen MR) is 108 cm³/mol. The molecular weight excluding hydrogens is 433 g/mol. The van der Waals surface area contributed by atoms with Crippen molar-refractivity contribution in [2.75, 3.05) is 37.6 Å². The van der Waals surface area contributed by atoms with Crippen molar-refractivity contribution in [3.8, 4) is 11.5 Å². The SMILES string of the molecule is COCC(NC(=O)N1CC(=O)Nc2cc(OC)c(C)nc21)c1ccc(OC(F)(F)F)cc1. The average molecular weight is 454 g/mol. The first-order valence-electron chi connectivity index (χ1n) is 9.39. The summed E-state index contributed by atoms with van der Waals surface area (Å²) in [6.45, 7) is 1.47. The molecule has 12 heteroatoms. The van der Waals surface area contributed by atoms with Crippen LogP contribution in [0.2, 0.25) is 0 Å². The van der Waals surface area contributed by atoms with E-state index in [0.29, 0.717) is 22.7 Å². The molecule has 0 radical (unpaired) electrons. The lowest BCUT2D eigenvalue weighted by molar-refractivity contribution is -0.274. The number of methoxy groups -OCH3 is 2. The van der Waals surface area contributed by atoms with Crippen molar-refractivity contribution in [3.63, 3.8) is 0 Å². The van der Waals surface area contributed by atoms with Gasteiger partial charge in [-0.2, -0.15) is 0 Å². The minimum Gasteiger partial charge on any atom is -0.495 e. The highest BCUT2D eigenvalue weighted by atomic mass is 19.4. The molecule has 3 rings (SSSR count). The second-order valence-corrected chi connectivity index (χ2v) is 6.86. The van der Waals surface area contributed by atoms with Gasteiger partial charge in [0.25, 0.3) is 0 Å². The third kappa shape index (κ3) is 5.38. The third-order valence-corrected chi connectivity index (χ3v) is 4.59. The highest BCUT2D eigenvalue weighted by Gasteiger charge is 2.32. The zero-order valence-electron chi connectivity index (χ0n) is 17.4. The summed E-state index contributed by atoms with van der Waals surface area (Å²) >= 11 is 0. The molecular formula is C20H21F3N4O5. The summed E-state index contributed by atoms with van der Waals surface area (Å²) in [7, 11) is 2.88. The van der Waals surface area contributed by atoms with Gasteiger partial charge >= 0.3 is 12.4 Å². The van der Waals surface area contributed by atoms with E-state index in [1.807, 2.05) is 0 Å². The van der Waals surface area contributed by atoms with Gasteiger partial charge < -0.3 is 24.8 Å². The summed E-state index contributed by atoms with van der Waals surface area (Å²) in [6, 6.07) is 5.28. The number of benzene rings is 1. The summed E-state index contributed by atoms with van der Waals surface area (Å²) in [6.07, 6.45) is -4.81. The van der Waals surface area contributed by atoms with Crippen LogP contribution in [0.3, 0.4) is 0 Å². The number of carbonyl (C=O) groups excluding carboxylic acids is 2. The predicted octanol–water partition coefficient (Wildman–Crippen LogP) is 3.15. The number of urea groups is 1. The molecule has 1 aromatic heterocycles. The summed E-state index contributed by atoms with van der Waals surface area (Å²) in [5.74, 6) is -0.119. The molecule has 1 aliphatic heterocycles. The lowest BCUT2D eigenvalue weighted by Gasteiger charge is -2.30. The minimum atomic E-state index is -4.81. The molecule has 0 spiro atoms. The van der Waals surface area contributed by atoms with Crippen LogP contribution in [0.1, 0.15) is 17.3 Å². The molecule has 172 valence electrons. The maximum Gasteiger partial charge on any atom is 0.573 e. The molecule has 32 heavy (non-hydrogen) atoms. The standard InChI is InChI=1S/C20H21F3N4O5/c1-11-16(31-3)8-14-18(24-11)27(9-17(28)25-14)19(29)26-15(10-30-2)12-4-6-13(7-5-12)32-20(21,22)23/h4-8,15H,9-10H2,1-3H3,(H,25,28)(H,26,29). The number of ether oxygens (including phenoxy) is 3. The third-order valence-electron chi connectivity index (χ3n) is 4.59. The van der Waals surface area contributed by atoms with E-state index in [1.54, 1.807) is 13.0 Å². The zero-order valence-corrected chi connectivity index (χ0v) is 17.4. The lowest BCUT2D eigenvalue weighted by atomic mass is 10.1. The molecule has 1 unspecified atom stereocenters. The molecule has 0 saturated carbocycles. The Morgan fingerprint density at radius 3 is 2.56 bits per heavy atom. The van der Waals surface area contributed by atoms with Gasteiger partial charge in [0.05, 0.1) is 31.1 Å². The minimum absolute atomic E-state index is 0.0349. The van der Waals surface area contributed by atoms with Gasteiger partial charge in [0.1, 0.15) is 18.0 Å². The molecule has 1 aliphatic rings. The lowest BCUT2D eigenvalue weighted by Crippen LogP contribution is -2.49. The van der Waals surface area contributed by atoms with Crippen LogP contribution in [0.4, 0.5) is 29.5 Å². The van der Waals surface area contributed by atoms with E-state index >= 15 is 0 Å². The number of hydrogen-bond acceptors (Lipinski definition) is 6. The number of anilines is 2. The fourth-order valence-corrected chi connectivity index (χ4v) is 3.17. The first kappa shape index (κ1) is 23.1. The Balaban J connectivity index is 1.82. The Morgan fingerprint density at radius 1 is 1.28 bits per heavy atom. The van der Waals surface area contributed by atoms with Gasteiger partial charge in [-0.25, -0.2) is 9.78 Å². The number of nitrogens with zero attached hydrogens (tertiary/aromatic N) is 2. The molecule has 2 heterocycles. The number of aromatic nitrogens is 1. The Kier molecular flexibility index (Phi) is 6.72. The van der Waals surface area contributed by atoms with E-state index in [1.165, 1.54) is 31.3 Å². The average Bonchev–Trinajstić information content (AvgIpc) is 2.72. The van der Waals surface area contributed by atoms with Crippen LogP contribution in [0.5, 0.6) is 11.5 Å². The van der Waals surface area contributed by atoms with E-state index < -0.39 is 24.3 Å². The van der Waals surface area contributed by atoms with Gasteiger partial charge in [0, 0.05) is 13.2 Å². The Bertz CT molecular complexity index is 998. The molecule has 1 aromatic carbocycles. The van der Waals surface area contributed by atoms with Crippen LogP contribution in [0.25, 0.3) is 0 Å². The first-order chi connectivity index (χ1) is 15.1. The number of halogens is 3. The number of hydrogen-bond donors (Lipinski definition) is 2. The fourth-order valence-electron chi connectivity index (χ4n) is 3.17. The van der Waals surface area contributed by atoms with Crippen molar-refractivity contribution in [2.45, 2.75) is 19.3 Å². The van der Waals surface area contributed by atoms with Gasteiger partial charge in [-0.15, -0.1) is 13.2 Å². The van der Waals surface area contributed by atoms with Crippen LogP contribution >= 0.6 is 0 Å². The normalized spacial score (nSPS) is 14.3. The van der Waals surface area contributed by atoms with Gasteiger partial charge in [-0.05, 0) is 24.6 Å². The molecule has 0 saturated heterocycles. The Morgan fingerprint density at radius 2 is 1.97 bits per heavy atom. The number of rotatable bonds is 6. The maximum absolute atomic E-state index is 13.0. The summed E-state index contributed by atoms with van der Waals surface area (Å²) in [5, 5.41) is 5.38. The van der Waals surface area contributed by atoms with Crippen molar-refractivity contribution in [3.05, 3.63) is 41.6 Å². The van der Waals surface area contributed by atoms with E-state index in [-0.39, 0.29) is 24.7 Å². The molecule has 2 N–H and O–H groups in total. The van der Waals surface area contributed by atoms with Crippen LogP contribution in [0, 0.1) is 6.92 Å². The molecule has 9 nitrogen and oxygen atoms in total. The van der Waals surface area contributed by atoms with Gasteiger partial charge in [-0.3, -0.25) is 9.69 Å². The van der Waals surface area contributed by atoms with E-state index in [4.69, 9.17) is 9.47 Å². The van der Waals surface area contributed by atoms with Crippen molar-refractivity contribution < 1.29 is 37.0 Å². The largest absolute Gasteiger partial charge is 0.573 e. The number of alkyl halides is 3. The number of nitrogens with one attached hydrogen (secondary N) is 2. The second kappa shape index (κ2) is 9.30. The number of fused-ring (bicyclic) bond motifs is 1. The highest BCUT2D eigenvalue weighted by molar-refractivity contribution is 6.08. The van der Waals surface area contributed by atoms with Crippen LogP contribution in [-0.4, -0.2) is 50.7 Å². The van der Waals surface area contributed by atoms with Crippen molar-refractivity contribution in [2.24, 2.45) is 0 Å². The molecule has 2 aromatic rings. The quantitative estimate of drug-likeness (QED) is 0.696. The monoisotopic (exact) mass is 454 g/mol. The van der Waals surface area contributed by atoms with E-state index in [2.05, 4.69) is 20.4 Å². The number of carbonyl (C=O) groups is 2.